The summed E-state index contributed by atoms with van der Waals surface area (Å²) in [6.07, 6.45) is 5.19. The normalized spacial score (nSPS) is 24.3. The van der Waals surface area contributed by atoms with Crippen molar-refractivity contribution in [1.82, 2.24) is 9.80 Å². The van der Waals surface area contributed by atoms with Crippen LogP contribution >= 0.6 is 0 Å². The Morgan fingerprint density at radius 3 is 1.95 bits per heavy atom. The molecule has 1 fully saturated rings. The second kappa shape index (κ2) is 6.13. The van der Waals surface area contributed by atoms with E-state index in [1.165, 1.54) is 32.2 Å². The fourth-order valence-electron chi connectivity index (χ4n) is 3.76. The zero-order chi connectivity index (χ0) is 14.8. The molecule has 1 saturated heterocycles. The Morgan fingerprint density at radius 2 is 1.58 bits per heavy atom. The third-order valence-corrected chi connectivity index (χ3v) is 5.19. The topological polar surface area (TPSA) is 6.48 Å². The Hall–Kier alpha value is -0.0800. The van der Waals surface area contributed by atoms with Crippen LogP contribution in [0.5, 0.6) is 0 Å². The minimum absolute atomic E-state index is 0.297. The lowest BCUT2D eigenvalue weighted by Gasteiger charge is -2.56. The third-order valence-electron chi connectivity index (χ3n) is 5.19. The van der Waals surface area contributed by atoms with E-state index in [1.807, 2.05) is 0 Å². The van der Waals surface area contributed by atoms with Crippen molar-refractivity contribution in [1.29, 1.82) is 0 Å². The van der Waals surface area contributed by atoms with Gasteiger partial charge in [-0.1, -0.05) is 13.3 Å². The number of piperidine rings is 1. The Morgan fingerprint density at radius 1 is 1.11 bits per heavy atom. The standard InChI is InChI=1S/C17H36N2/c1-9-10-11-19(14(2)3)15-12-16(4,5)18(8)17(6,7)13-15/h14-15H,9-13H2,1-8H3. The minimum Gasteiger partial charge on any atom is -0.298 e. The maximum absolute atomic E-state index is 2.75. The molecule has 0 unspecified atom stereocenters. The van der Waals surface area contributed by atoms with Gasteiger partial charge in [-0.2, -0.15) is 0 Å². The highest BCUT2D eigenvalue weighted by Crippen LogP contribution is 2.39. The number of likely N-dealkylation sites (tertiary alicyclic amines) is 1. The molecule has 1 aliphatic rings. The molecule has 1 heterocycles. The smallest absolute Gasteiger partial charge is 0.0170 e. The number of nitrogens with zero attached hydrogens (tertiary/aromatic N) is 2. The van der Waals surface area contributed by atoms with Crippen molar-refractivity contribution in [3.05, 3.63) is 0 Å². The maximum Gasteiger partial charge on any atom is 0.0170 e. The van der Waals surface area contributed by atoms with E-state index in [0.29, 0.717) is 17.1 Å². The van der Waals surface area contributed by atoms with Gasteiger partial charge in [0.05, 0.1) is 0 Å². The number of unbranched alkanes of at least 4 members (excludes halogenated alkanes) is 1. The van der Waals surface area contributed by atoms with Gasteiger partial charge in [0.25, 0.3) is 0 Å². The van der Waals surface area contributed by atoms with Crippen LogP contribution in [0.2, 0.25) is 0 Å². The van der Waals surface area contributed by atoms with Gasteiger partial charge >= 0.3 is 0 Å². The van der Waals surface area contributed by atoms with Crippen LogP contribution in [0.1, 0.15) is 74.1 Å². The Labute approximate surface area is 121 Å². The molecule has 0 saturated carbocycles. The van der Waals surface area contributed by atoms with Crippen molar-refractivity contribution in [2.24, 2.45) is 0 Å². The molecule has 2 heteroatoms. The molecule has 0 aromatic rings. The SMILES string of the molecule is CCCCN(C(C)C)C1CC(C)(C)N(C)C(C)(C)C1. The third kappa shape index (κ3) is 3.95. The van der Waals surface area contributed by atoms with E-state index in [2.05, 4.69) is 65.3 Å². The highest BCUT2D eigenvalue weighted by Gasteiger charge is 2.44. The van der Waals surface area contributed by atoms with Crippen molar-refractivity contribution in [3.8, 4) is 0 Å². The molecule has 0 aromatic carbocycles. The first-order valence-electron chi connectivity index (χ1n) is 8.11. The molecule has 19 heavy (non-hydrogen) atoms. The summed E-state index contributed by atoms with van der Waals surface area (Å²) in [7, 11) is 2.29. The predicted octanol–water partition coefficient (Wildman–Crippen LogP) is 4.15. The summed E-state index contributed by atoms with van der Waals surface area (Å²) in [5.74, 6) is 0. The fraction of sp³-hybridized carbons (Fsp3) is 1.00. The first-order chi connectivity index (χ1) is 8.62. The molecule has 0 aliphatic carbocycles. The fourth-order valence-corrected chi connectivity index (χ4v) is 3.76. The summed E-state index contributed by atoms with van der Waals surface area (Å²) >= 11 is 0. The molecular formula is C17H36N2. The molecule has 1 rings (SSSR count). The van der Waals surface area contributed by atoms with Crippen LogP contribution in [-0.4, -0.2) is 46.6 Å². The average molecular weight is 268 g/mol. The van der Waals surface area contributed by atoms with E-state index in [0.717, 1.165) is 6.04 Å². The summed E-state index contributed by atoms with van der Waals surface area (Å²) in [4.78, 5) is 5.33. The summed E-state index contributed by atoms with van der Waals surface area (Å²) in [6, 6.07) is 1.39. The van der Waals surface area contributed by atoms with Crippen molar-refractivity contribution >= 4 is 0 Å². The summed E-state index contributed by atoms with van der Waals surface area (Å²) in [6.45, 7) is 17.9. The van der Waals surface area contributed by atoms with Gasteiger partial charge in [0.15, 0.2) is 0 Å². The highest BCUT2D eigenvalue weighted by molar-refractivity contribution is 5.01. The van der Waals surface area contributed by atoms with Gasteiger partial charge in [-0.3, -0.25) is 9.80 Å². The van der Waals surface area contributed by atoms with Gasteiger partial charge in [0.2, 0.25) is 0 Å². The van der Waals surface area contributed by atoms with Crippen LogP contribution < -0.4 is 0 Å². The molecule has 0 radical (unpaired) electrons. The van der Waals surface area contributed by atoms with Gasteiger partial charge in [0.1, 0.15) is 0 Å². The Balaban J connectivity index is 2.86. The molecule has 0 N–H and O–H groups in total. The molecule has 2 nitrogen and oxygen atoms in total. The van der Waals surface area contributed by atoms with Crippen molar-refractivity contribution in [3.63, 3.8) is 0 Å². The largest absolute Gasteiger partial charge is 0.298 e. The monoisotopic (exact) mass is 268 g/mol. The van der Waals surface area contributed by atoms with Gasteiger partial charge in [-0.05, 0) is 74.4 Å². The zero-order valence-electron chi connectivity index (χ0n) is 14.6. The van der Waals surface area contributed by atoms with E-state index in [-0.39, 0.29) is 0 Å². The van der Waals surface area contributed by atoms with Crippen molar-refractivity contribution < 1.29 is 0 Å². The maximum atomic E-state index is 2.75. The predicted molar refractivity (Wildman–Crippen MR) is 85.7 cm³/mol. The first kappa shape index (κ1) is 17.0. The minimum atomic E-state index is 0.297. The summed E-state index contributed by atoms with van der Waals surface area (Å²) in [5, 5.41) is 0. The molecule has 1 aliphatic heterocycles. The molecule has 0 amide bonds. The molecule has 0 spiro atoms. The van der Waals surface area contributed by atoms with E-state index < -0.39 is 0 Å². The quantitative estimate of drug-likeness (QED) is 0.739. The summed E-state index contributed by atoms with van der Waals surface area (Å²) < 4.78 is 0. The molecule has 0 bridgehead atoms. The second-order valence-corrected chi connectivity index (χ2v) is 7.93. The number of rotatable bonds is 5. The zero-order valence-corrected chi connectivity index (χ0v) is 14.6. The van der Waals surface area contributed by atoms with E-state index >= 15 is 0 Å². The van der Waals surface area contributed by atoms with E-state index in [4.69, 9.17) is 0 Å². The lowest BCUT2D eigenvalue weighted by Crippen LogP contribution is -2.63. The van der Waals surface area contributed by atoms with Crippen molar-refractivity contribution in [2.75, 3.05) is 13.6 Å². The van der Waals surface area contributed by atoms with E-state index in [9.17, 15) is 0 Å². The molecule has 0 aromatic heterocycles. The van der Waals surface area contributed by atoms with Gasteiger partial charge < -0.3 is 0 Å². The van der Waals surface area contributed by atoms with E-state index in [1.54, 1.807) is 0 Å². The highest BCUT2D eigenvalue weighted by atomic mass is 15.3. The second-order valence-electron chi connectivity index (χ2n) is 7.93. The first-order valence-corrected chi connectivity index (χ1v) is 8.11. The molecular weight excluding hydrogens is 232 g/mol. The number of hydrogen-bond acceptors (Lipinski definition) is 2. The van der Waals surface area contributed by atoms with Gasteiger partial charge in [-0.15, -0.1) is 0 Å². The lowest BCUT2D eigenvalue weighted by atomic mass is 9.76. The average Bonchev–Trinajstić information content (AvgIpc) is 2.25. The van der Waals surface area contributed by atoms with Crippen LogP contribution in [0.3, 0.4) is 0 Å². The van der Waals surface area contributed by atoms with Crippen LogP contribution in [0.4, 0.5) is 0 Å². The molecule has 114 valence electrons. The van der Waals surface area contributed by atoms with Crippen LogP contribution in [0.15, 0.2) is 0 Å². The van der Waals surface area contributed by atoms with Crippen molar-refractivity contribution in [2.45, 2.75) is 97.3 Å². The Bertz CT molecular complexity index is 263. The van der Waals surface area contributed by atoms with Gasteiger partial charge in [0, 0.05) is 23.2 Å². The van der Waals surface area contributed by atoms with Crippen LogP contribution in [0.25, 0.3) is 0 Å². The van der Waals surface area contributed by atoms with Crippen LogP contribution in [-0.2, 0) is 0 Å². The Kier molecular flexibility index (Phi) is 5.48. The molecule has 0 atom stereocenters. The van der Waals surface area contributed by atoms with Gasteiger partial charge in [-0.25, -0.2) is 0 Å². The van der Waals surface area contributed by atoms with Crippen LogP contribution in [0, 0.1) is 0 Å². The number of hydrogen-bond donors (Lipinski definition) is 0. The lowest BCUT2D eigenvalue weighted by molar-refractivity contribution is -0.0540. The summed E-state index contributed by atoms with van der Waals surface area (Å²) in [5.41, 5.74) is 0.595.